The van der Waals surface area contributed by atoms with E-state index in [1.165, 1.54) is 6.07 Å². The lowest BCUT2D eigenvalue weighted by Gasteiger charge is -2.42. The minimum Gasteiger partial charge on any atom is -0.368 e. The lowest BCUT2D eigenvalue weighted by atomic mass is 9.79. The normalized spacial score (nSPS) is 24.5. The molecule has 4 N–H and O–H groups in total. The van der Waals surface area contributed by atoms with Gasteiger partial charge in [-0.2, -0.15) is 0 Å². The van der Waals surface area contributed by atoms with E-state index in [1.54, 1.807) is 34.9 Å². The van der Waals surface area contributed by atoms with Gasteiger partial charge in [-0.1, -0.05) is 36.4 Å². The summed E-state index contributed by atoms with van der Waals surface area (Å²) in [5, 5.41) is 6.13. The Morgan fingerprint density at radius 1 is 1.11 bits per heavy atom. The minimum atomic E-state index is -0.934. The standard InChI is InChI=1S/C20H22N4O3/c21-19(26)17(12-5-2-1-3-6-12)23-20(27)18-14-9-13(10-22-11-14)15-7-4-8-16(25)24(15)18/h1-8,13-14,17-18,22H,9-11H2,(H2,21,26)(H,23,27)/t13-,14+,17+,18-/m1/s1. The van der Waals surface area contributed by atoms with E-state index in [1.807, 2.05) is 12.1 Å². The number of amides is 2. The summed E-state index contributed by atoms with van der Waals surface area (Å²) in [5.41, 5.74) is 6.82. The van der Waals surface area contributed by atoms with Gasteiger partial charge in [-0.25, -0.2) is 0 Å². The Bertz CT molecular complexity index is 924. The molecule has 4 rings (SSSR count). The molecule has 4 atom stereocenters. The predicted molar refractivity (Wildman–Crippen MR) is 100.0 cm³/mol. The van der Waals surface area contributed by atoms with Gasteiger partial charge in [-0.3, -0.25) is 19.0 Å². The fourth-order valence-corrected chi connectivity index (χ4v) is 4.32. The first-order valence-electron chi connectivity index (χ1n) is 9.13. The summed E-state index contributed by atoms with van der Waals surface area (Å²) in [6.45, 7) is 1.45. The molecule has 140 valence electrons. The molecule has 2 aromatic rings. The van der Waals surface area contributed by atoms with Crippen LogP contribution in [0.15, 0.2) is 53.3 Å². The van der Waals surface area contributed by atoms with Crippen molar-refractivity contribution >= 4 is 11.8 Å². The topological polar surface area (TPSA) is 106 Å². The third kappa shape index (κ3) is 3.14. The van der Waals surface area contributed by atoms with Crippen LogP contribution < -0.4 is 21.9 Å². The van der Waals surface area contributed by atoms with Crippen molar-refractivity contribution in [1.82, 2.24) is 15.2 Å². The summed E-state index contributed by atoms with van der Waals surface area (Å²) >= 11 is 0. The quantitative estimate of drug-likeness (QED) is 0.730. The first kappa shape index (κ1) is 17.5. The van der Waals surface area contributed by atoms with E-state index in [4.69, 9.17) is 5.73 Å². The molecule has 1 aromatic carbocycles. The number of fused-ring (bicyclic) bond motifs is 4. The van der Waals surface area contributed by atoms with E-state index in [-0.39, 0.29) is 23.3 Å². The minimum absolute atomic E-state index is 0.0133. The van der Waals surface area contributed by atoms with Crippen molar-refractivity contribution in [2.45, 2.75) is 24.4 Å². The number of carbonyl (C=O) groups excluding carboxylic acids is 2. The van der Waals surface area contributed by atoms with E-state index in [2.05, 4.69) is 10.6 Å². The second-order valence-corrected chi connectivity index (χ2v) is 7.21. The van der Waals surface area contributed by atoms with Crippen molar-refractivity contribution in [1.29, 1.82) is 0 Å². The van der Waals surface area contributed by atoms with Crippen molar-refractivity contribution in [3.63, 3.8) is 0 Å². The highest BCUT2D eigenvalue weighted by Gasteiger charge is 2.42. The number of nitrogens with one attached hydrogen (secondary N) is 2. The number of carbonyl (C=O) groups is 2. The highest BCUT2D eigenvalue weighted by Crippen LogP contribution is 2.38. The molecule has 0 aliphatic carbocycles. The highest BCUT2D eigenvalue weighted by atomic mass is 16.2. The maximum Gasteiger partial charge on any atom is 0.251 e. The Morgan fingerprint density at radius 2 is 1.89 bits per heavy atom. The lowest BCUT2D eigenvalue weighted by Crippen LogP contribution is -2.53. The Labute approximate surface area is 156 Å². The van der Waals surface area contributed by atoms with Gasteiger partial charge >= 0.3 is 0 Å². The molecule has 7 nitrogen and oxygen atoms in total. The van der Waals surface area contributed by atoms with Crippen molar-refractivity contribution in [3.8, 4) is 0 Å². The van der Waals surface area contributed by atoms with Crippen LogP contribution in [0, 0.1) is 5.92 Å². The lowest BCUT2D eigenvalue weighted by molar-refractivity contribution is -0.131. The Hall–Kier alpha value is -2.93. The van der Waals surface area contributed by atoms with Crippen molar-refractivity contribution in [2.24, 2.45) is 11.7 Å². The molecule has 2 aliphatic rings. The van der Waals surface area contributed by atoms with Gasteiger partial charge in [0, 0.05) is 36.7 Å². The molecule has 2 aliphatic heterocycles. The SMILES string of the molecule is NC(=O)[C@@H](NC(=O)[C@H]1[C@@H]2CNC[C@@H](C2)c2cccc(=O)n21)c1ccccc1. The van der Waals surface area contributed by atoms with Gasteiger partial charge in [0.2, 0.25) is 11.8 Å². The fourth-order valence-electron chi connectivity index (χ4n) is 4.32. The highest BCUT2D eigenvalue weighted by molar-refractivity contribution is 5.89. The van der Waals surface area contributed by atoms with E-state index >= 15 is 0 Å². The zero-order valence-corrected chi connectivity index (χ0v) is 14.8. The molecule has 0 unspecified atom stereocenters. The monoisotopic (exact) mass is 366 g/mol. The number of rotatable bonds is 4. The summed E-state index contributed by atoms with van der Waals surface area (Å²) in [7, 11) is 0. The largest absolute Gasteiger partial charge is 0.368 e. The number of hydrogen-bond acceptors (Lipinski definition) is 4. The van der Waals surface area contributed by atoms with Crippen molar-refractivity contribution in [3.05, 3.63) is 70.1 Å². The van der Waals surface area contributed by atoms with Crippen LogP contribution in [0.4, 0.5) is 0 Å². The molecule has 1 fully saturated rings. The molecule has 0 saturated carbocycles. The second-order valence-electron chi connectivity index (χ2n) is 7.21. The summed E-state index contributed by atoms with van der Waals surface area (Å²) in [6.07, 6.45) is 0.834. The van der Waals surface area contributed by atoms with Gasteiger partial charge in [0.05, 0.1) is 0 Å². The molecule has 1 saturated heterocycles. The number of pyridine rings is 1. The summed E-state index contributed by atoms with van der Waals surface area (Å²) in [4.78, 5) is 37.7. The zero-order chi connectivity index (χ0) is 19.0. The van der Waals surface area contributed by atoms with Gasteiger partial charge in [-0.05, 0) is 18.1 Å². The number of piperidine rings is 1. The van der Waals surface area contributed by atoms with Crippen LogP contribution in [-0.2, 0) is 9.59 Å². The van der Waals surface area contributed by atoms with Gasteiger partial charge in [0.1, 0.15) is 12.1 Å². The molecular formula is C20H22N4O3. The fraction of sp³-hybridized carbons (Fsp3) is 0.350. The molecule has 1 aromatic heterocycles. The molecule has 2 bridgehead atoms. The average Bonchev–Trinajstić information content (AvgIpc) is 2.67. The van der Waals surface area contributed by atoms with Crippen molar-refractivity contribution in [2.75, 3.05) is 13.1 Å². The third-order valence-corrected chi connectivity index (χ3v) is 5.52. The van der Waals surface area contributed by atoms with Crippen LogP contribution >= 0.6 is 0 Å². The Morgan fingerprint density at radius 3 is 2.63 bits per heavy atom. The van der Waals surface area contributed by atoms with E-state index in [0.29, 0.717) is 12.1 Å². The summed E-state index contributed by atoms with van der Waals surface area (Å²) in [5.74, 6) is -0.793. The summed E-state index contributed by atoms with van der Waals surface area (Å²) < 4.78 is 1.60. The smallest absolute Gasteiger partial charge is 0.251 e. The molecule has 0 spiro atoms. The van der Waals surface area contributed by atoms with Gasteiger partial charge in [-0.15, -0.1) is 0 Å². The first-order chi connectivity index (χ1) is 13.1. The van der Waals surface area contributed by atoms with Gasteiger partial charge in [0.15, 0.2) is 0 Å². The number of nitrogens with zero attached hydrogens (tertiary/aromatic N) is 1. The third-order valence-electron chi connectivity index (χ3n) is 5.52. The van der Waals surface area contributed by atoms with Crippen LogP contribution in [0.1, 0.15) is 35.7 Å². The van der Waals surface area contributed by atoms with E-state index in [0.717, 1.165) is 18.7 Å². The number of nitrogens with two attached hydrogens (primary N) is 1. The maximum absolute atomic E-state index is 13.2. The molecule has 2 amide bonds. The molecule has 3 heterocycles. The van der Waals surface area contributed by atoms with E-state index < -0.39 is 18.0 Å². The Kier molecular flexibility index (Phi) is 4.53. The van der Waals surface area contributed by atoms with E-state index in [9.17, 15) is 14.4 Å². The van der Waals surface area contributed by atoms with Crippen LogP contribution in [0.25, 0.3) is 0 Å². The molecule has 27 heavy (non-hydrogen) atoms. The van der Waals surface area contributed by atoms with Crippen molar-refractivity contribution < 1.29 is 9.59 Å². The maximum atomic E-state index is 13.2. The zero-order valence-electron chi connectivity index (χ0n) is 14.8. The first-order valence-corrected chi connectivity index (χ1v) is 9.13. The number of primary amides is 1. The molecule has 0 radical (unpaired) electrons. The number of benzene rings is 1. The number of aromatic nitrogens is 1. The van der Waals surface area contributed by atoms with Crippen LogP contribution in [0.2, 0.25) is 0 Å². The van der Waals surface area contributed by atoms with Crippen LogP contribution in [0.3, 0.4) is 0 Å². The van der Waals surface area contributed by atoms with Gasteiger partial charge < -0.3 is 16.4 Å². The predicted octanol–water partition coefficient (Wildman–Crippen LogP) is 0.439. The van der Waals surface area contributed by atoms with Crippen LogP contribution in [-0.4, -0.2) is 29.5 Å². The Balaban J connectivity index is 1.70. The summed E-state index contributed by atoms with van der Waals surface area (Å²) in [6, 6.07) is 12.4. The second kappa shape index (κ2) is 7.00. The van der Waals surface area contributed by atoms with Gasteiger partial charge in [0.25, 0.3) is 5.56 Å². The average molecular weight is 366 g/mol. The van der Waals surface area contributed by atoms with Crippen LogP contribution in [0.5, 0.6) is 0 Å². The molecule has 7 heteroatoms. The molecular weight excluding hydrogens is 344 g/mol. The number of hydrogen-bond donors (Lipinski definition) is 3.